The maximum absolute atomic E-state index is 10.0. The van der Waals surface area contributed by atoms with E-state index in [2.05, 4.69) is 37.8 Å². The van der Waals surface area contributed by atoms with Gasteiger partial charge in [0.05, 0.1) is 19.8 Å². The van der Waals surface area contributed by atoms with E-state index in [1.54, 1.807) is 7.11 Å². The van der Waals surface area contributed by atoms with Crippen molar-refractivity contribution in [3.8, 4) is 11.5 Å². The van der Waals surface area contributed by atoms with Gasteiger partial charge in [-0.3, -0.25) is 4.90 Å². The van der Waals surface area contributed by atoms with Crippen LogP contribution in [-0.4, -0.2) is 42.9 Å². The fraction of sp³-hybridized carbons (Fsp3) is 0.727. The molecule has 1 saturated carbocycles. The second-order valence-electron chi connectivity index (χ2n) is 8.67. The summed E-state index contributed by atoms with van der Waals surface area (Å²) in [6, 6.07) is 4.65. The molecule has 4 nitrogen and oxygen atoms in total. The Morgan fingerprint density at radius 3 is 2.50 bits per heavy atom. The van der Waals surface area contributed by atoms with Crippen molar-refractivity contribution in [2.45, 2.75) is 65.0 Å². The van der Waals surface area contributed by atoms with Gasteiger partial charge in [0.1, 0.15) is 0 Å². The van der Waals surface area contributed by atoms with E-state index in [1.165, 1.54) is 24.0 Å². The number of benzene rings is 1. The van der Waals surface area contributed by atoms with Gasteiger partial charge in [-0.05, 0) is 67.2 Å². The summed E-state index contributed by atoms with van der Waals surface area (Å²) in [5.74, 6) is 3.30. The van der Waals surface area contributed by atoms with Gasteiger partial charge in [0.15, 0.2) is 11.5 Å². The molecule has 1 aliphatic carbocycles. The van der Waals surface area contributed by atoms with Crippen molar-refractivity contribution in [2.24, 2.45) is 11.8 Å². The minimum Gasteiger partial charge on any atom is -0.493 e. The third-order valence-corrected chi connectivity index (χ3v) is 5.31. The summed E-state index contributed by atoms with van der Waals surface area (Å²) >= 11 is 0. The molecule has 0 aromatic heterocycles. The first-order valence-electron chi connectivity index (χ1n) is 10.2. The Labute approximate surface area is 158 Å². The van der Waals surface area contributed by atoms with Crippen LogP contribution in [0.3, 0.4) is 0 Å². The van der Waals surface area contributed by atoms with Crippen LogP contribution in [-0.2, 0) is 6.42 Å². The zero-order valence-electron chi connectivity index (χ0n) is 16.8. The van der Waals surface area contributed by atoms with Crippen LogP contribution in [0.2, 0.25) is 0 Å². The van der Waals surface area contributed by atoms with Crippen molar-refractivity contribution >= 4 is 0 Å². The molecule has 146 valence electrons. The van der Waals surface area contributed by atoms with E-state index in [-0.39, 0.29) is 6.10 Å². The van der Waals surface area contributed by atoms with Crippen LogP contribution in [0.5, 0.6) is 11.5 Å². The second kappa shape index (κ2) is 8.62. The van der Waals surface area contributed by atoms with Gasteiger partial charge in [0.2, 0.25) is 0 Å². The van der Waals surface area contributed by atoms with E-state index in [0.29, 0.717) is 6.04 Å². The van der Waals surface area contributed by atoms with E-state index in [4.69, 9.17) is 9.47 Å². The van der Waals surface area contributed by atoms with Gasteiger partial charge >= 0.3 is 0 Å². The van der Waals surface area contributed by atoms with Crippen LogP contribution in [0, 0.1) is 11.8 Å². The van der Waals surface area contributed by atoms with Crippen LogP contribution >= 0.6 is 0 Å². The molecule has 1 aromatic rings. The molecular formula is C22H35NO3. The molecule has 1 N–H and O–H groups in total. The summed E-state index contributed by atoms with van der Waals surface area (Å²) in [5, 5.41) is 10.0. The van der Waals surface area contributed by atoms with Gasteiger partial charge in [-0.2, -0.15) is 0 Å². The Hall–Kier alpha value is -1.26. The molecule has 0 bridgehead atoms. The van der Waals surface area contributed by atoms with E-state index in [1.807, 2.05) is 0 Å². The molecule has 26 heavy (non-hydrogen) atoms. The zero-order chi connectivity index (χ0) is 18.7. The van der Waals surface area contributed by atoms with Crippen LogP contribution in [0.1, 0.15) is 63.6 Å². The van der Waals surface area contributed by atoms with Crippen molar-refractivity contribution < 1.29 is 14.6 Å². The summed E-state index contributed by atoms with van der Waals surface area (Å²) in [7, 11) is 1.71. The zero-order valence-corrected chi connectivity index (χ0v) is 16.8. The van der Waals surface area contributed by atoms with Gasteiger partial charge in [-0.1, -0.05) is 20.8 Å². The smallest absolute Gasteiger partial charge is 0.161 e. The molecule has 2 unspecified atom stereocenters. The molecule has 4 rings (SSSR count). The van der Waals surface area contributed by atoms with Gasteiger partial charge in [-0.25, -0.2) is 0 Å². The molecular weight excluding hydrogens is 326 g/mol. The van der Waals surface area contributed by atoms with Crippen molar-refractivity contribution in [3.05, 3.63) is 23.3 Å². The molecule has 0 amide bonds. The molecule has 4 heteroatoms. The monoisotopic (exact) mass is 361 g/mol. The molecule has 1 saturated heterocycles. The SMILES string of the molecule is CC(C)C.COc1cc2c(cc1OCC1CC1)CCN1CCC(O)CC21. The molecule has 3 aliphatic rings. The average molecular weight is 362 g/mol. The van der Waals surface area contributed by atoms with Crippen LogP contribution in [0.25, 0.3) is 0 Å². The maximum atomic E-state index is 10.0. The Morgan fingerprint density at radius 2 is 1.85 bits per heavy atom. The predicted octanol–water partition coefficient (Wildman–Crippen LogP) is 4.20. The Bertz CT molecular complexity index is 595. The van der Waals surface area contributed by atoms with Gasteiger partial charge in [0, 0.05) is 19.1 Å². The van der Waals surface area contributed by atoms with E-state index in [9.17, 15) is 5.11 Å². The number of aliphatic hydroxyl groups excluding tert-OH is 1. The Morgan fingerprint density at radius 1 is 1.12 bits per heavy atom. The molecule has 0 spiro atoms. The van der Waals surface area contributed by atoms with E-state index < -0.39 is 0 Å². The third kappa shape index (κ3) is 4.92. The number of rotatable bonds is 4. The van der Waals surface area contributed by atoms with E-state index in [0.717, 1.165) is 62.3 Å². The molecule has 1 aromatic carbocycles. The highest BCUT2D eigenvalue weighted by atomic mass is 16.5. The van der Waals surface area contributed by atoms with Gasteiger partial charge in [0.25, 0.3) is 0 Å². The predicted molar refractivity (Wildman–Crippen MR) is 105 cm³/mol. The van der Waals surface area contributed by atoms with E-state index >= 15 is 0 Å². The number of hydrogen-bond acceptors (Lipinski definition) is 4. The first kappa shape index (κ1) is 19.5. The third-order valence-electron chi connectivity index (χ3n) is 5.31. The molecule has 2 atom stereocenters. The van der Waals surface area contributed by atoms with Crippen molar-refractivity contribution in [3.63, 3.8) is 0 Å². The van der Waals surface area contributed by atoms with Crippen LogP contribution in [0.4, 0.5) is 0 Å². The van der Waals surface area contributed by atoms with Gasteiger partial charge < -0.3 is 14.6 Å². The van der Waals surface area contributed by atoms with Crippen LogP contribution in [0.15, 0.2) is 12.1 Å². The topological polar surface area (TPSA) is 41.9 Å². The quantitative estimate of drug-likeness (QED) is 0.873. The lowest BCUT2D eigenvalue weighted by Crippen LogP contribution is -2.42. The second-order valence-corrected chi connectivity index (χ2v) is 8.67. The van der Waals surface area contributed by atoms with Crippen LogP contribution < -0.4 is 9.47 Å². The summed E-state index contributed by atoms with van der Waals surface area (Å²) in [6.45, 7) is 9.38. The lowest BCUT2D eigenvalue weighted by atomic mass is 9.85. The summed E-state index contributed by atoms with van der Waals surface area (Å²) < 4.78 is 11.6. The average Bonchev–Trinajstić information content (AvgIpc) is 3.43. The highest BCUT2D eigenvalue weighted by molar-refractivity contribution is 5.49. The fourth-order valence-electron chi connectivity index (χ4n) is 3.76. The highest BCUT2D eigenvalue weighted by Gasteiger charge is 2.34. The summed E-state index contributed by atoms with van der Waals surface area (Å²) in [6.07, 6.45) is 5.20. The van der Waals surface area contributed by atoms with Crippen molar-refractivity contribution in [2.75, 3.05) is 26.8 Å². The summed E-state index contributed by atoms with van der Waals surface area (Å²) in [5.41, 5.74) is 2.68. The summed E-state index contributed by atoms with van der Waals surface area (Å²) in [4.78, 5) is 2.50. The highest BCUT2D eigenvalue weighted by Crippen LogP contribution is 2.42. The van der Waals surface area contributed by atoms with Crippen molar-refractivity contribution in [1.82, 2.24) is 4.90 Å². The first-order valence-corrected chi connectivity index (χ1v) is 10.2. The number of methoxy groups -OCH3 is 1. The minimum absolute atomic E-state index is 0.177. The minimum atomic E-state index is -0.177. The Balaban J connectivity index is 0.000000447. The maximum Gasteiger partial charge on any atom is 0.161 e. The first-order chi connectivity index (χ1) is 12.5. The lowest BCUT2D eigenvalue weighted by molar-refractivity contribution is 0.0359. The normalized spacial score (nSPS) is 25.0. The molecule has 0 radical (unpaired) electrons. The number of nitrogens with zero attached hydrogens (tertiary/aromatic N) is 1. The lowest BCUT2D eigenvalue weighted by Gasteiger charge is -2.42. The number of piperidine rings is 1. The number of fused-ring (bicyclic) bond motifs is 3. The van der Waals surface area contributed by atoms with Gasteiger partial charge in [-0.15, -0.1) is 0 Å². The standard InChI is InChI=1S/C18H25NO3.C4H10/c1-21-17-10-15-13(8-18(17)22-11-12-2-3-12)4-6-19-7-5-14(20)9-16(15)19;1-4(2)3/h8,10,12,14,16,20H,2-7,9,11H2,1H3;4H,1-3H3. The largest absolute Gasteiger partial charge is 0.493 e. The fourth-order valence-corrected chi connectivity index (χ4v) is 3.76. The number of ether oxygens (including phenoxy) is 2. The number of hydrogen-bond donors (Lipinski definition) is 1. The number of aliphatic hydroxyl groups is 1. The van der Waals surface area contributed by atoms with Crippen molar-refractivity contribution in [1.29, 1.82) is 0 Å². The molecule has 2 heterocycles. The Kier molecular flexibility index (Phi) is 6.46. The molecule has 2 fully saturated rings. The molecule has 2 aliphatic heterocycles.